The number of amides is 2. The Balaban J connectivity index is 1.54. The van der Waals surface area contributed by atoms with Gasteiger partial charge in [0.25, 0.3) is 5.91 Å². The Morgan fingerprint density at radius 2 is 1.73 bits per heavy atom. The number of para-hydroxylation sites is 1. The minimum absolute atomic E-state index is 0.0265. The molecular weight excluding hydrogens is 376 g/mol. The van der Waals surface area contributed by atoms with Gasteiger partial charge in [-0.1, -0.05) is 42.5 Å². The molecule has 3 aromatic rings. The number of nitrogens with one attached hydrogen (secondary N) is 1. The van der Waals surface area contributed by atoms with Crippen molar-refractivity contribution in [1.29, 1.82) is 0 Å². The lowest BCUT2D eigenvalue weighted by Gasteiger charge is -2.32. The van der Waals surface area contributed by atoms with Gasteiger partial charge in [0.05, 0.1) is 13.0 Å². The molecule has 30 heavy (non-hydrogen) atoms. The summed E-state index contributed by atoms with van der Waals surface area (Å²) in [7, 11) is 1.63. The van der Waals surface area contributed by atoms with Crippen LogP contribution in [-0.4, -0.2) is 36.9 Å². The van der Waals surface area contributed by atoms with E-state index < -0.39 is 0 Å². The molecule has 1 aliphatic rings. The summed E-state index contributed by atoms with van der Waals surface area (Å²) in [6.45, 7) is 3.06. The first kappa shape index (κ1) is 20.0. The summed E-state index contributed by atoms with van der Waals surface area (Å²) in [6.07, 6.45) is 1.59. The van der Waals surface area contributed by atoms with Crippen molar-refractivity contribution >= 4 is 28.3 Å². The Morgan fingerprint density at radius 3 is 2.50 bits per heavy atom. The van der Waals surface area contributed by atoms with Crippen LogP contribution >= 0.6 is 0 Å². The summed E-state index contributed by atoms with van der Waals surface area (Å²) in [5, 5.41) is 4.81. The van der Waals surface area contributed by atoms with Crippen LogP contribution in [0.4, 0.5) is 5.69 Å². The van der Waals surface area contributed by atoms with Crippen LogP contribution in [0.5, 0.6) is 5.75 Å². The molecular formula is C25H26N2O3. The van der Waals surface area contributed by atoms with Crippen LogP contribution in [0.2, 0.25) is 0 Å². The van der Waals surface area contributed by atoms with Gasteiger partial charge < -0.3 is 15.0 Å². The summed E-state index contributed by atoms with van der Waals surface area (Å²) in [5.74, 6) is 0.465. The lowest BCUT2D eigenvalue weighted by Crippen LogP contribution is -2.43. The second-order valence-corrected chi connectivity index (χ2v) is 7.76. The molecule has 1 N–H and O–H groups in total. The number of methoxy groups -OCH3 is 1. The number of likely N-dealkylation sites (tertiary alicyclic amines) is 1. The summed E-state index contributed by atoms with van der Waals surface area (Å²) in [5.41, 5.74) is 2.50. The number of carbonyl (C=O) groups is 2. The molecule has 5 heteroatoms. The second-order valence-electron chi connectivity index (χ2n) is 7.76. The van der Waals surface area contributed by atoms with E-state index in [1.807, 2.05) is 67.6 Å². The molecule has 1 atom stereocenters. The predicted octanol–water partition coefficient (Wildman–Crippen LogP) is 4.65. The maximum absolute atomic E-state index is 13.3. The van der Waals surface area contributed by atoms with E-state index in [9.17, 15) is 9.59 Å². The number of rotatable bonds is 4. The summed E-state index contributed by atoms with van der Waals surface area (Å²) in [6, 6.07) is 19.2. The van der Waals surface area contributed by atoms with Crippen LogP contribution in [0, 0.1) is 12.8 Å². The van der Waals surface area contributed by atoms with Crippen molar-refractivity contribution in [2.75, 3.05) is 25.5 Å². The van der Waals surface area contributed by atoms with Gasteiger partial charge in [-0.25, -0.2) is 0 Å². The molecule has 0 bridgehead atoms. The van der Waals surface area contributed by atoms with E-state index in [-0.39, 0.29) is 17.7 Å². The zero-order valence-electron chi connectivity index (χ0n) is 17.4. The smallest absolute Gasteiger partial charge is 0.254 e. The van der Waals surface area contributed by atoms with E-state index in [1.54, 1.807) is 12.0 Å². The van der Waals surface area contributed by atoms with Gasteiger partial charge in [-0.2, -0.15) is 0 Å². The highest BCUT2D eigenvalue weighted by molar-refractivity contribution is 6.08. The zero-order chi connectivity index (χ0) is 21.1. The van der Waals surface area contributed by atoms with Gasteiger partial charge in [0.15, 0.2) is 0 Å². The van der Waals surface area contributed by atoms with Crippen molar-refractivity contribution in [3.63, 3.8) is 0 Å². The molecule has 3 aromatic carbocycles. The van der Waals surface area contributed by atoms with E-state index in [1.165, 1.54) is 0 Å². The maximum Gasteiger partial charge on any atom is 0.254 e. The Kier molecular flexibility index (Phi) is 5.70. The van der Waals surface area contributed by atoms with Gasteiger partial charge in [0.2, 0.25) is 5.91 Å². The van der Waals surface area contributed by atoms with Gasteiger partial charge in [-0.3, -0.25) is 9.59 Å². The third kappa shape index (κ3) is 3.88. The molecule has 154 valence electrons. The maximum atomic E-state index is 13.3. The molecule has 4 rings (SSSR count). The third-order valence-electron chi connectivity index (χ3n) is 5.82. The van der Waals surface area contributed by atoms with Crippen LogP contribution in [0.15, 0.2) is 60.7 Å². The lowest BCUT2D eigenvalue weighted by atomic mass is 9.95. The average molecular weight is 402 g/mol. The number of anilines is 1. The fourth-order valence-electron chi connectivity index (χ4n) is 4.13. The number of benzene rings is 3. The van der Waals surface area contributed by atoms with Gasteiger partial charge in [0, 0.05) is 29.7 Å². The quantitative estimate of drug-likeness (QED) is 0.691. The van der Waals surface area contributed by atoms with Crippen LogP contribution in [0.1, 0.15) is 28.8 Å². The minimum atomic E-state index is -0.216. The molecule has 0 saturated carbocycles. The van der Waals surface area contributed by atoms with Gasteiger partial charge in [0.1, 0.15) is 5.75 Å². The number of nitrogens with zero attached hydrogens (tertiary/aromatic N) is 1. The van der Waals surface area contributed by atoms with E-state index in [0.29, 0.717) is 18.7 Å². The van der Waals surface area contributed by atoms with Crippen molar-refractivity contribution in [3.8, 4) is 5.75 Å². The van der Waals surface area contributed by atoms with Gasteiger partial charge >= 0.3 is 0 Å². The largest absolute Gasteiger partial charge is 0.496 e. The molecule has 0 spiro atoms. The minimum Gasteiger partial charge on any atom is -0.496 e. The topological polar surface area (TPSA) is 58.6 Å². The van der Waals surface area contributed by atoms with E-state index in [4.69, 9.17) is 4.74 Å². The van der Waals surface area contributed by atoms with E-state index in [2.05, 4.69) is 5.32 Å². The third-order valence-corrected chi connectivity index (χ3v) is 5.82. The average Bonchev–Trinajstić information content (AvgIpc) is 2.79. The molecule has 1 heterocycles. The van der Waals surface area contributed by atoms with Crippen molar-refractivity contribution in [3.05, 3.63) is 71.8 Å². The number of piperidine rings is 1. The molecule has 5 nitrogen and oxygen atoms in total. The van der Waals surface area contributed by atoms with E-state index >= 15 is 0 Å². The zero-order valence-corrected chi connectivity index (χ0v) is 17.4. The van der Waals surface area contributed by atoms with Crippen LogP contribution in [0.3, 0.4) is 0 Å². The standard InChI is InChI=1S/C25H26N2O3/c1-17-8-3-6-12-22(17)26-24(28)18-9-7-15-27(16-18)25(29)21-13-14-23(30-2)20-11-5-4-10-19(20)21/h3-6,8,10-14,18H,7,9,15-16H2,1-2H3,(H,26,28)/t18-/m1/s1. The highest BCUT2D eigenvalue weighted by atomic mass is 16.5. The number of fused-ring (bicyclic) bond motifs is 1. The predicted molar refractivity (Wildman–Crippen MR) is 119 cm³/mol. The number of carbonyl (C=O) groups excluding carboxylic acids is 2. The Bertz CT molecular complexity index is 1090. The number of hydrogen-bond acceptors (Lipinski definition) is 3. The molecule has 0 unspecified atom stereocenters. The number of ether oxygens (including phenoxy) is 1. The van der Waals surface area contributed by atoms with E-state index in [0.717, 1.165) is 40.6 Å². The molecule has 0 radical (unpaired) electrons. The van der Waals surface area contributed by atoms with Gasteiger partial charge in [-0.05, 0) is 48.9 Å². The van der Waals surface area contributed by atoms with Crippen LogP contribution < -0.4 is 10.1 Å². The SMILES string of the molecule is COc1ccc(C(=O)N2CCC[C@@H](C(=O)Nc3ccccc3C)C2)c2ccccc12. The highest BCUT2D eigenvalue weighted by Crippen LogP contribution is 2.30. The van der Waals surface area contributed by atoms with Crippen molar-refractivity contribution in [2.45, 2.75) is 19.8 Å². The Morgan fingerprint density at radius 1 is 1.00 bits per heavy atom. The monoisotopic (exact) mass is 402 g/mol. The summed E-state index contributed by atoms with van der Waals surface area (Å²) < 4.78 is 5.44. The van der Waals surface area contributed by atoms with Crippen molar-refractivity contribution in [2.24, 2.45) is 5.92 Å². The summed E-state index contributed by atoms with van der Waals surface area (Å²) in [4.78, 5) is 28.0. The van der Waals surface area contributed by atoms with Crippen molar-refractivity contribution in [1.82, 2.24) is 4.90 Å². The number of aryl methyl sites for hydroxylation is 1. The highest BCUT2D eigenvalue weighted by Gasteiger charge is 2.30. The van der Waals surface area contributed by atoms with Crippen LogP contribution in [-0.2, 0) is 4.79 Å². The fourth-order valence-corrected chi connectivity index (χ4v) is 4.13. The molecule has 0 aliphatic carbocycles. The first-order valence-electron chi connectivity index (χ1n) is 10.3. The lowest BCUT2D eigenvalue weighted by molar-refractivity contribution is -0.121. The molecule has 1 fully saturated rings. The Hall–Kier alpha value is -3.34. The fraction of sp³-hybridized carbons (Fsp3) is 0.280. The van der Waals surface area contributed by atoms with Gasteiger partial charge in [-0.15, -0.1) is 0 Å². The van der Waals surface area contributed by atoms with Crippen LogP contribution in [0.25, 0.3) is 10.8 Å². The molecule has 1 saturated heterocycles. The Labute approximate surface area is 176 Å². The number of hydrogen-bond donors (Lipinski definition) is 1. The molecule has 1 aliphatic heterocycles. The first-order valence-corrected chi connectivity index (χ1v) is 10.3. The first-order chi connectivity index (χ1) is 14.6. The molecule has 0 aromatic heterocycles. The molecule has 2 amide bonds. The second kappa shape index (κ2) is 8.57. The normalized spacial score (nSPS) is 16.3. The summed E-state index contributed by atoms with van der Waals surface area (Å²) >= 11 is 0. The van der Waals surface area contributed by atoms with Crippen molar-refractivity contribution < 1.29 is 14.3 Å².